The second kappa shape index (κ2) is 5.84. The van der Waals surface area contributed by atoms with Crippen LogP contribution in [0.4, 0.5) is 5.69 Å². The minimum Gasteiger partial charge on any atom is -0.328 e. The summed E-state index contributed by atoms with van der Waals surface area (Å²) in [5.41, 5.74) is 7.28. The van der Waals surface area contributed by atoms with Crippen molar-refractivity contribution in [3.05, 3.63) is 29.8 Å². The lowest BCUT2D eigenvalue weighted by Crippen LogP contribution is -2.49. The average Bonchev–Trinajstić information content (AvgIpc) is 2.70. The molecule has 0 spiro atoms. The van der Waals surface area contributed by atoms with Gasteiger partial charge in [0.25, 0.3) is 0 Å². The lowest BCUT2D eigenvalue weighted by atomic mass is 9.98. The van der Waals surface area contributed by atoms with E-state index >= 15 is 0 Å². The van der Waals surface area contributed by atoms with Gasteiger partial charge < -0.3 is 11.1 Å². The molecule has 2 atom stereocenters. The van der Waals surface area contributed by atoms with Crippen molar-refractivity contribution >= 4 is 11.6 Å². The number of rotatable bonds is 3. The number of nitrogens with two attached hydrogens (primary N) is 1. The number of carbonyl (C=O) groups excluding carboxylic acids is 1. The fourth-order valence-corrected chi connectivity index (χ4v) is 3.61. The van der Waals surface area contributed by atoms with E-state index in [1.807, 2.05) is 0 Å². The molecule has 0 aromatic heterocycles. The van der Waals surface area contributed by atoms with E-state index in [1.54, 1.807) is 24.3 Å². The number of nitrogens with zero attached hydrogens (tertiary/aromatic N) is 2. The zero-order valence-corrected chi connectivity index (χ0v) is 12.0. The Labute approximate surface area is 124 Å². The highest BCUT2D eigenvalue weighted by Crippen LogP contribution is 2.34. The lowest BCUT2D eigenvalue weighted by Gasteiger charge is -2.37. The summed E-state index contributed by atoms with van der Waals surface area (Å²) in [6.45, 7) is 0.416. The number of nitriles is 1. The Balaban J connectivity index is 1.61. The van der Waals surface area contributed by atoms with E-state index < -0.39 is 0 Å². The van der Waals surface area contributed by atoms with E-state index in [4.69, 9.17) is 11.0 Å². The van der Waals surface area contributed by atoms with Crippen LogP contribution in [0.1, 0.15) is 31.2 Å². The van der Waals surface area contributed by atoms with Crippen LogP contribution >= 0.6 is 0 Å². The van der Waals surface area contributed by atoms with Crippen molar-refractivity contribution in [2.75, 3.05) is 11.9 Å². The molecule has 2 unspecified atom stereocenters. The molecule has 3 N–H and O–H groups in total. The van der Waals surface area contributed by atoms with Gasteiger partial charge in [0.15, 0.2) is 0 Å². The van der Waals surface area contributed by atoms with Gasteiger partial charge in [0.2, 0.25) is 5.91 Å². The predicted octanol–water partition coefficient (Wildman–Crippen LogP) is 1.45. The number of benzene rings is 1. The minimum absolute atomic E-state index is 0.0162. The van der Waals surface area contributed by atoms with Crippen LogP contribution in [-0.4, -0.2) is 35.5 Å². The Morgan fingerprint density at radius 2 is 2.10 bits per heavy atom. The molecule has 2 fully saturated rings. The molecule has 21 heavy (non-hydrogen) atoms. The van der Waals surface area contributed by atoms with E-state index in [1.165, 1.54) is 0 Å². The topological polar surface area (TPSA) is 82.2 Å². The second-order valence-corrected chi connectivity index (χ2v) is 6.03. The summed E-state index contributed by atoms with van der Waals surface area (Å²) in [4.78, 5) is 14.5. The van der Waals surface area contributed by atoms with Crippen LogP contribution in [0.5, 0.6) is 0 Å². The Morgan fingerprint density at radius 1 is 1.38 bits per heavy atom. The van der Waals surface area contributed by atoms with E-state index in [2.05, 4.69) is 16.3 Å². The Bertz CT molecular complexity index is 566. The minimum atomic E-state index is -0.0162. The molecule has 1 amide bonds. The summed E-state index contributed by atoms with van der Waals surface area (Å²) in [6.07, 6.45) is 4.28. The van der Waals surface area contributed by atoms with E-state index in [0.717, 1.165) is 25.7 Å². The van der Waals surface area contributed by atoms with Crippen LogP contribution in [-0.2, 0) is 4.79 Å². The molecule has 2 bridgehead atoms. The number of hydrogen-bond donors (Lipinski definition) is 2. The summed E-state index contributed by atoms with van der Waals surface area (Å²) in [7, 11) is 0. The van der Waals surface area contributed by atoms with Gasteiger partial charge in [-0.3, -0.25) is 9.69 Å². The zero-order valence-electron chi connectivity index (χ0n) is 12.0. The maximum atomic E-state index is 12.2. The maximum absolute atomic E-state index is 12.2. The van der Waals surface area contributed by atoms with E-state index in [-0.39, 0.29) is 11.9 Å². The first-order chi connectivity index (χ1) is 10.2. The van der Waals surface area contributed by atoms with Crippen molar-refractivity contribution < 1.29 is 4.79 Å². The van der Waals surface area contributed by atoms with Crippen LogP contribution in [0, 0.1) is 11.3 Å². The van der Waals surface area contributed by atoms with Gasteiger partial charge in [0, 0.05) is 23.8 Å². The summed E-state index contributed by atoms with van der Waals surface area (Å²) in [5, 5.41) is 11.8. The van der Waals surface area contributed by atoms with Crippen molar-refractivity contribution in [3.63, 3.8) is 0 Å². The van der Waals surface area contributed by atoms with Crippen LogP contribution in [0.15, 0.2) is 24.3 Å². The molecule has 110 valence electrons. The predicted molar refractivity (Wildman–Crippen MR) is 80.5 cm³/mol. The van der Waals surface area contributed by atoms with Gasteiger partial charge in [-0.1, -0.05) is 6.07 Å². The van der Waals surface area contributed by atoms with Crippen molar-refractivity contribution in [2.24, 2.45) is 5.73 Å². The molecular weight excluding hydrogens is 264 g/mol. The van der Waals surface area contributed by atoms with Gasteiger partial charge in [-0.2, -0.15) is 5.26 Å². The SMILES string of the molecule is N#Cc1cccc(NC(=O)CN2C3CCC2CC(N)C3)c1. The smallest absolute Gasteiger partial charge is 0.238 e. The third kappa shape index (κ3) is 3.07. The first kappa shape index (κ1) is 14.1. The molecule has 5 nitrogen and oxygen atoms in total. The van der Waals surface area contributed by atoms with Crippen molar-refractivity contribution in [1.29, 1.82) is 5.26 Å². The molecule has 0 aliphatic carbocycles. The average molecular weight is 284 g/mol. The van der Waals surface area contributed by atoms with Crippen molar-refractivity contribution in [2.45, 2.75) is 43.8 Å². The number of carbonyl (C=O) groups is 1. The summed E-state index contributed by atoms with van der Waals surface area (Å²) < 4.78 is 0. The van der Waals surface area contributed by atoms with Crippen LogP contribution in [0.3, 0.4) is 0 Å². The first-order valence-electron chi connectivity index (χ1n) is 7.47. The summed E-state index contributed by atoms with van der Waals surface area (Å²) in [5.74, 6) is -0.0162. The van der Waals surface area contributed by atoms with Gasteiger partial charge in [-0.15, -0.1) is 0 Å². The number of nitrogens with one attached hydrogen (secondary N) is 1. The monoisotopic (exact) mass is 284 g/mol. The molecule has 2 aliphatic heterocycles. The molecule has 0 radical (unpaired) electrons. The van der Waals surface area contributed by atoms with Gasteiger partial charge in [0.05, 0.1) is 18.2 Å². The maximum Gasteiger partial charge on any atom is 0.238 e. The largest absolute Gasteiger partial charge is 0.328 e. The zero-order chi connectivity index (χ0) is 14.8. The van der Waals surface area contributed by atoms with Gasteiger partial charge in [0.1, 0.15) is 0 Å². The third-order valence-corrected chi connectivity index (χ3v) is 4.52. The molecule has 1 aromatic rings. The van der Waals surface area contributed by atoms with Crippen LogP contribution in [0.25, 0.3) is 0 Å². The number of fused-ring (bicyclic) bond motifs is 2. The van der Waals surface area contributed by atoms with Crippen molar-refractivity contribution in [3.8, 4) is 6.07 Å². The molecular formula is C16H20N4O. The second-order valence-electron chi connectivity index (χ2n) is 6.03. The van der Waals surface area contributed by atoms with Gasteiger partial charge in [-0.25, -0.2) is 0 Å². The normalized spacial score (nSPS) is 28.1. The standard InChI is InChI=1S/C16H20N4O/c17-9-11-2-1-3-13(6-11)19-16(21)10-20-14-4-5-15(20)8-12(18)7-14/h1-3,6,12,14-15H,4-5,7-8,10,18H2,(H,19,21). The summed E-state index contributed by atoms with van der Waals surface area (Å²) in [6, 6.07) is 10.3. The van der Waals surface area contributed by atoms with Gasteiger partial charge >= 0.3 is 0 Å². The van der Waals surface area contributed by atoms with E-state index in [9.17, 15) is 4.79 Å². The van der Waals surface area contributed by atoms with Crippen LogP contribution in [0.2, 0.25) is 0 Å². The highest BCUT2D eigenvalue weighted by atomic mass is 16.2. The molecule has 2 saturated heterocycles. The number of amides is 1. The number of hydrogen-bond acceptors (Lipinski definition) is 4. The molecule has 2 heterocycles. The van der Waals surface area contributed by atoms with E-state index in [0.29, 0.717) is 29.9 Å². The highest BCUT2D eigenvalue weighted by molar-refractivity contribution is 5.92. The fraction of sp³-hybridized carbons (Fsp3) is 0.500. The number of anilines is 1. The fourth-order valence-electron chi connectivity index (χ4n) is 3.61. The van der Waals surface area contributed by atoms with Gasteiger partial charge in [-0.05, 0) is 43.9 Å². The Morgan fingerprint density at radius 3 is 2.76 bits per heavy atom. The quantitative estimate of drug-likeness (QED) is 0.880. The first-order valence-corrected chi connectivity index (χ1v) is 7.47. The number of piperidine rings is 1. The molecule has 2 aliphatic rings. The molecule has 3 rings (SSSR count). The third-order valence-electron chi connectivity index (χ3n) is 4.52. The molecule has 5 heteroatoms. The molecule has 0 saturated carbocycles. The van der Waals surface area contributed by atoms with Crippen LogP contribution < -0.4 is 11.1 Å². The lowest BCUT2D eigenvalue weighted by molar-refractivity contribution is -0.118. The highest BCUT2D eigenvalue weighted by Gasteiger charge is 2.40. The Hall–Kier alpha value is -1.90. The van der Waals surface area contributed by atoms with Crippen molar-refractivity contribution in [1.82, 2.24) is 4.90 Å². The Kier molecular flexibility index (Phi) is 3.91. The summed E-state index contributed by atoms with van der Waals surface area (Å²) >= 11 is 0. The molecule has 1 aromatic carbocycles.